The van der Waals surface area contributed by atoms with Crippen molar-refractivity contribution in [3.63, 3.8) is 0 Å². The molecule has 0 bridgehead atoms. The van der Waals surface area contributed by atoms with Gasteiger partial charge in [-0.2, -0.15) is 4.99 Å². The lowest BCUT2D eigenvalue weighted by atomic mass is 10.2. The lowest BCUT2D eigenvalue weighted by molar-refractivity contribution is -0.129. The number of amides is 2. The second-order valence-electron chi connectivity index (χ2n) is 3.78. The zero-order valence-corrected chi connectivity index (χ0v) is 9.63. The van der Waals surface area contributed by atoms with Crippen LogP contribution in [0.15, 0.2) is 35.3 Å². The van der Waals surface area contributed by atoms with E-state index < -0.39 is 17.9 Å². The van der Waals surface area contributed by atoms with E-state index in [4.69, 9.17) is 10.5 Å². The second-order valence-corrected chi connectivity index (χ2v) is 3.78. The van der Waals surface area contributed by atoms with Crippen LogP contribution < -0.4 is 15.8 Å². The maximum atomic E-state index is 11.3. The summed E-state index contributed by atoms with van der Waals surface area (Å²) in [7, 11) is 0. The van der Waals surface area contributed by atoms with Gasteiger partial charge < -0.3 is 15.8 Å². The lowest BCUT2D eigenvalue weighted by Gasteiger charge is -2.16. The standard InChI is InChI=1S/C12H13N3O3/c13-10-11(16)14-9(15-12(10)17)6-7-18-8-4-2-1-3-5-8/h1-5,10H,6-7,13H2,(H,14,15,16,17). The zero-order valence-electron chi connectivity index (χ0n) is 9.63. The molecule has 6 nitrogen and oxygen atoms in total. The van der Waals surface area contributed by atoms with Gasteiger partial charge in [0.1, 0.15) is 11.6 Å². The van der Waals surface area contributed by atoms with Crippen LogP contribution in [-0.4, -0.2) is 30.3 Å². The Hall–Kier alpha value is -2.21. The molecule has 18 heavy (non-hydrogen) atoms. The number of amidine groups is 1. The molecule has 3 N–H and O–H groups in total. The molecule has 2 rings (SSSR count). The van der Waals surface area contributed by atoms with Gasteiger partial charge in [-0.3, -0.25) is 9.59 Å². The number of nitrogens with two attached hydrogens (primary N) is 1. The number of rotatable bonds is 4. The molecule has 0 aliphatic carbocycles. The van der Waals surface area contributed by atoms with Crippen molar-refractivity contribution in [1.82, 2.24) is 5.32 Å². The molecular weight excluding hydrogens is 234 g/mol. The van der Waals surface area contributed by atoms with Crippen molar-refractivity contribution in [3.05, 3.63) is 30.3 Å². The minimum Gasteiger partial charge on any atom is -0.493 e. The molecular formula is C12H13N3O3. The van der Waals surface area contributed by atoms with E-state index in [0.29, 0.717) is 18.9 Å². The Kier molecular flexibility index (Phi) is 3.69. The molecule has 0 aromatic heterocycles. The quantitative estimate of drug-likeness (QED) is 0.723. The van der Waals surface area contributed by atoms with Gasteiger partial charge in [0.25, 0.3) is 11.8 Å². The van der Waals surface area contributed by atoms with Crippen molar-refractivity contribution in [2.75, 3.05) is 6.61 Å². The smallest absolute Gasteiger partial charge is 0.273 e. The highest BCUT2D eigenvalue weighted by atomic mass is 16.5. The summed E-state index contributed by atoms with van der Waals surface area (Å²) < 4.78 is 5.43. The van der Waals surface area contributed by atoms with Crippen molar-refractivity contribution in [1.29, 1.82) is 0 Å². The summed E-state index contributed by atoms with van der Waals surface area (Å²) in [6, 6.07) is 8.06. The number of hydrogen-bond acceptors (Lipinski definition) is 4. The maximum absolute atomic E-state index is 11.3. The van der Waals surface area contributed by atoms with Gasteiger partial charge in [0.2, 0.25) is 0 Å². The summed E-state index contributed by atoms with van der Waals surface area (Å²) in [5.41, 5.74) is 5.30. The highest BCUT2D eigenvalue weighted by Crippen LogP contribution is 2.08. The Morgan fingerprint density at radius 2 is 2.00 bits per heavy atom. The van der Waals surface area contributed by atoms with Gasteiger partial charge in [-0.05, 0) is 12.1 Å². The molecule has 0 fully saturated rings. The molecule has 1 unspecified atom stereocenters. The fourth-order valence-electron chi connectivity index (χ4n) is 1.46. The zero-order chi connectivity index (χ0) is 13.0. The van der Waals surface area contributed by atoms with Crippen molar-refractivity contribution >= 4 is 17.6 Å². The minimum absolute atomic E-state index is 0.294. The van der Waals surface area contributed by atoms with E-state index in [9.17, 15) is 9.59 Å². The number of aliphatic imine (C=N–C) groups is 1. The minimum atomic E-state index is -1.19. The molecule has 1 aromatic rings. The van der Waals surface area contributed by atoms with Crippen LogP contribution in [0.1, 0.15) is 6.42 Å². The van der Waals surface area contributed by atoms with E-state index in [1.165, 1.54) is 0 Å². The summed E-state index contributed by atoms with van der Waals surface area (Å²) in [6.45, 7) is 0.325. The molecule has 1 atom stereocenters. The van der Waals surface area contributed by atoms with Gasteiger partial charge in [-0.25, -0.2) is 0 Å². The Morgan fingerprint density at radius 3 is 2.67 bits per heavy atom. The summed E-state index contributed by atoms with van der Waals surface area (Å²) in [4.78, 5) is 26.2. The van der Waals surface area contributed by atoms with Crippen LogP contribution >= 0.6 is 0 Å². The molecule has 2 amide bonds. The number of hydrogen-bond donors (Lipinski definition) is 2. The average Bonchev–Trinajstić information content (AvgIpc) is 2.37. The normalized spacial score (nSPS) is 19.2. The molecule has 1 heterocycles. The van der Waals surface area contributed by atoms with Crippen molar-refractivity contribution in [2.45, 2.75) is 12.5 Å². The first-order valence-corrected chi connectivity index (χ1v) is 5.52. The van der Waals surface area contributed by atoms with E-state index in [1.807, 2.05) is 30.3 Å². The van der Waals surface area contributed by atoms with E-state index in [-0.39, 0.29) is 0 Å². The van der Waals surface area contributed by atoms with E-state index in [0.717, 1.165) is 5.75 Å². The fraction of sp³-hybridized carbons (Fsp3) is 0.250. The SMILES string of the molecule is NC1C(=O)N=C(CCOc2ccccc2)NC1=O. The first-order chi connectivity index (χ1) is 8.66. The van der Waals surface area contributed by atoms with Crippen LogP contribution in [0.5, 0.6) is 5.75 Å². The molecule has 0 saturated carbocycles. The maximum Gasteiger partial charge on any atom is 0.273 e. The Bertz CT molecular complexity index is 485. The van der Waals surface area contributed by atoms with Crippen LogP contribution in [0.2, 0.25) is 0 Å². The molecule has 1 aromatic carbocycles. The van der Waals surface area contributed by atoms with Crippen LogP contribution in [0.4, 0.5) is 0 Å². The van der Waals surface area contributed by atoms with Crippen molar-refractivity contribution < 1.29 is 14.3 Å². The summed E-state index contributed by atoms with van der Waals surface area (Å²) in [5.74, 6) is -0.121. The van der Waals surface area contributed by atoms with Crippen molar-refractivity contribution in [3.8, 4) is 5.75 Å². The molecule has 0 saturated heterocycles. The van der Waals surface area contributed by atoms with Gasteiger partial charge >= 0.3 is 0 Å². The first-order valence-electron chi connectivity index (χ1n) is 5.52. The van der Waals surface area contributed by atoms with E-state index >= 15 is 0 Å². The summed E-state index contributed by atoms with van der Waals surface area (Å²) in [6.07, 6.45) is 0.346. The second kappa shape index (κ2) is 5.42. The number of carbonyl (C=O) groups excluding carboxylic acids is 2. The highest BCUT2D eigenvalue weighted by Gasteiger charge is 2.27. The number of benzene rings is 1. The van der Waals surface area contributed by atoms with Gasteiger partial charge in [0.05, 0.1) is 6.61 Å². The van der Waals surface area contributed by atoms with E-state index in [1.54, 1.807) is 0 Å². The summed E-state index contributed by atoms with van der Waals surface area (Å²) >= 11 is 0. The molecule has 1 aliphatic heterocycles. The molecule has 0 radical (unpaired) electrons. The number of nitrogens with zero attached hydrogens (tertiary/aromatic N) is 1. The molecule has 6 heteroatoms. The fourth-order valence-corrected chi connectivity index (χ4v) is 1.46. The van der Waals surface area contributed by atoms with Crippen LogP contribution in [0, 0.1) is 0 Å². The number of ether oxygens (including phenoxy) is 1. The average molecular weight is 247 g/mol. The van der Waals surface area contributed by atoms with Gasteiger partial charge in [0, 0.05) is 6.42 Å². The lowest BCUT2D eigenvalue weighted by Crippen LogP contribution is -2.52. The third-order valence-electron chi connectivity index (χ3n) is 2.41. The summed E-state index contributed by atoms with van der Waals surface area (Å²) in [5, 5.41) is 2.47. The number of carbonyl (C=O) groups is 2. The van der Waals surface area contributed by atoms with Gasteiger partial charge in [0.15, 0.2) is 6.04 Å². The predicted octanol–water partition coefficient (Wildman–Crippen LogP) is -0.162. The third-order valence-corrected chi connectivity index (χ3v) is 2.41. The highest BCUT2D eigenvalue weighted by molar-refractivity contribution is 6.18. The Labute approximate surface area is 104 Å². The number of nitrogens with one attached hydrogen (secondary N) is 1. The largest absolute Gasteiger partial charge is 0.493 e. The van der Waals surface area contributed by atoms with Crippen LogP contribution in [0.3, 0.4) is 0 Å². The monoisotopic (exact) mass is 247 g/mol. The predicted molar refractivity (Wildman–Crippen MR) is 65.1 cm³/mol. The van der Waals surface area contributed by atoms with Gasteiger partial charge in [-0.1, -0.05) is 18.2 Å². The topological polar surface area (TPSA) is 93.8 Å². The molecule has 0 spiro atoms. The first kappa shape index (κ1) is 12.3. The number of para-hydroxylation sites is 1. The van der Waals surface area contributed by atoms with E-state index in [2.05, 4.69) is 10.3 Å². The Morgan fingerprint density at radius 1 is 1.28 bits per heavy atom. The molecule has 1 aliphatic rings. The van der Waals surface area contributed by atoms with Crippen molar-refractivity contribution in [2.24, 2.45) is 10.7 Å². The van der Waals surface area contributed by atoms with Crippen LogP contribution in [0.25, 0.3) is 0 Å². The van der Waals surface area contributed by atoms with Crippen LogP contribution in [-0.2, 0) is 9.59 Å². The van der Waals surface area contributed by atoms with Gasteiger partial charge in [-0.15, -0.1) is 0 Å². The molecule has 94 valence electrons. The third kappa shape index (κ3) is 2.92. The Balaban J connectivity index is 1.86.